The van der Waals surface area contributed by atoms with Crippen LogP contribution in [0.15, 0.2) is 36.5 Å². The van der Waals surface area contributed by atoms with E-state index in [1.807, 2.05) is 26.1 Å². The lowest BCUT2D eigenvalue weighted by atomic mass is 10.0. The normalized spacial score (nSPS) is 20.3. The summed E-state index contributed by atoms with van der Waals surface area (Å²) in [4.78, 5) is 38.5. The molecule has 0 spiro atoms. The topological polar surface area (TPSA) is 118 Å². The van der Waals surface area contributed by atoms with Crippen LogP contribution in [0.25, 0.3) is 0 Å². The van der Waals surface area contributed by atoms with Gasteiger partial charge < -0.3 is 34.6 Å². The molecule has 0 aliphatic carbocycles. The second-order valence-corrected chi connectivity index (χ2v) is 11.1. The number of halogens is 2. The number of likely N-dealkylation sites (tertiary alicyclic amines) is 1. The largest absolute Gasteiger partial charge is 0.495 e. The highest BCUT2D eigenvalue weighted by atomic mass is 35.5. The number of hydrogen-bond acceptors (Lipinski definition) is 9. The summed E-state index contributed by atoms with van der Waals surface area (Å²) in [6.45, 7) is 3.51. The second kappa shape index (κ2) is 12.3. The molecule has 5 rings (SSSR count). The number of benzene rings is 2. The van der Waals surface area contributed by atoms with Crippen LogP contribution in [0.2, 0.25) is 10.0 Å². The number of likely N-dealkylation sites (N-methyl/N-ethyl adjacent to an activating group) is 1. The Hall–Kier alpha value is -3.64. The van der Waals surface area contributed by atoms with Gasteiger partial charge in [-0.15, -0.1) is 0 Å². The van der Waals surface area contributed by atoms with Crippen LogP contribution in [-0.4, -0.2) is 85.1 Å². The van der Waals surface area contributed by atoms with Crippen molar-refractivity contribution in [1.29, 1.82) is 0 Å². The third kappa shape index (κ3) is 5.82. The predicted octanol–water partition coefficient (Wildman–Crippen LogP) is 4.92. The SMILES string of the molecule is COc1cc(C(=O)NC2CCN(C)CC2OC)c(Cl)cc1Nc1ncc(Cl)c(Oc2cccc3c2C(=O)N(C)C3C)n1. The van der Waals surface area contributed by atoms with Crippen LogP contribution >= 0.6 is 23.2 Å². The summed E-state index contributed by atoms with van der Waals surface area (Å²) in [6.07, 6.45) is 2.01. The number of anilines is 2. The first-order valence-corrected chi connectivity index (χ1v) is 14.1. The summed E-state index contributed by atoms with van der Waals surface area (Å²) in [5, 5.41) is 6.47. The monoisotopic (exact) mass is 614 g/mol. The van der Waals surface area contributed by atoms with Crippen molar-refractivity contribution >= 4 is 46.7 Å². The number of carbonyl (C=O) groups is 2. The van der Waals surface area contributed by atoms with E-state index in [1.54, 1.807) is 37.3 Å². The minimum absolute atomic E-state index is 0.0597. The lowest BCUT2D eigenvalue weighted by molar-refractivity contribution is 0.0142. The number of fused-ring (bicyclic) bond motifs is 1. The molecule has 2 aliphatic heterocycles. The molecule has 222 valence electrons. The maximum atomic E-state index is 13.2. The van der Waals surface area contributed by atoms with Crippen molar-refractivity contribution in [2.75, 3.05) is 46.7 Å². The molecule has 3 heterocycles. The Balaban J connectivity index is 1.36. The van der Waals surface area contributed by atoms with E-state index in [2.05, 4.69) is 25.5 Å². The van der Waals surface area contributed by atoms with Gasteiger partial charge in [-0.2, -0.15) is 4.98 Å². The highest BCUT2D eigenvalue weighted by molar-refractivity contribution is 6.34. The number of piperidine rings is 1. The molecule has 0 saturated carbocycles. The second-order valence-electron chi connectivity index (χ2n) is 10.3. The van der Waals surface area contributed by atoms with Crippen molar-refractivity contribution in [1.82, 2.24) is 25.1 Å². The smallest absolute Gasteiger partial charge is 0.258 e. The van der Waals surface area contributed by atoms with Crippen molar-refractivity contribution in [2.24, 2.45) is 0 Å². The van der Waals surface area contributed by atoms with Crippen molar-refractivity contribution in [3.05, 3.63) is 63.3 Å². The van der Waals surface area contributed by atoms with Crippen LogP contribution in [-0.2, 0) is 4.74 Å². The Labute approximate surface area is 254 Å². The average molecular weight is 616 g/mol. The van der Waals surface area contributed by atoms with Gasteiger partial charge in [-0.25, -0.2) is 4.98 Å². The van der Waals surface area contributed by atoms with Gasteiger partial charge in [0.25, 0.3) is 11.8 Å². The number of amides is 2. The van der Waals surface area contributed by atoms with Crippen LogP contribution in [0.4, 0.5) is 11.6 Å². The lowest BCUT2D eigenvalue weighted by Crippen LogP contribution is -2.53. The van der Waals surface area contributed by atoms with E-state index in [1.165, 1.54) is 13.3 Å². The third-order valence-electron chi connectivity index (χ3n) is 7.70. The van der Waals surface area contributed by atoms with Gasteiger partial charge in [-0.3, -0.25) is 9.59 Å². The molecule has 3 atom stereocenters. The molecule has 1 fully saturated rings. The zero-order chi connectivity index (χ0) is 30.1. The van der Waals surface area contributed by atoms with E-state index in [-0.39, 0.29) is 57.4 Å². The van der Waals surface area contributed by atoms with E-state index in [9.17, 15) is 9.59 Å². The summed E-state index contributed by atoms with van der Waals surface area (Å²) in [5.74, 6) is 0.417. The number of methoxy groups -OCH3 is 2. The minimum Gasteiger partial charge on any atom is -0.495 e. The van der Waals surface area contributed by atoms with E-state index < -0.39 is 0 Å². The molecule has 0 bridgehead atoms. The van der Waals surface area contributed by atoms with Gasteiger partial charge in [0.2, 0.25) is 11.8 Å². The number of ether oxygens (including phenoxy) is 3. The van der Waals surface area contributed by atoms with Crippen LogP contribution < -0.4 is 20.1 Å². The molecule has 1 aromatic heterocycles. The molecule has 2 aromatic carbocycles. The minimum atomic E-state index is -0.329. The lowest BCUT2D eigenvalue weighted by Gasteiger charge is -2.36. The van der Waals surface area contributed by atoms with Crippen LogP contribution in [0.3, 0.4) is 0 Å². The van der Waals surface area contributed by atoms with Gasteiger partial charge in [0.1, 0.15) is 16.5 Å². The Bertz CT molecular complexity index is 1520. The van der Waals surface area contributed by atoms with Gasteiger partial charge in [0.05, 0.1) is 53.3 Å². The quantitative estimate of drug-likeness (QED) is 0.364. The fourth-order valence-electron chi connectivity index (χ4n) is 5.19. The number of carbonyl (C=O) groups excluding carboxylic acids is 2. The van der Waals surface area contributed by atoms with E-state index in [0.717, 1.165) is 18.5 Å². The molecular formula is C29H32Cl2N6O5. The molecule has 0 radical (unpaired) electrons. The van der Waals surface area contributed by atoms with Gasteiger partial charge >= 0.3 is 0 Å². The fourth-order valence-corrected chi connectivity index (χ4v) is 5.57. The van der Waals surface area contributed by atoms with Gasteiger partial charge in [0, 0.05) is 20.7 Å². The first-order chi connectivity index (χ1) is 20.1. The molecule has 13 heteroatoms. The summed E-state index contributed by atoms with van der Waals surface area (Å²) in [5.41, 5.74) is 2.01. The van der Waals surface area contributed by atoms with Crippen molar-refractivity contribution in [2.45, 2.75) is 31.5 Å². The van der Waals surface area contributed by atoms with Gasteiger partial charge in [0.15, 0.2) is 0 Å². The molecule has 11 nitrogen and oxygen atoms in total. The molecule has 2 N–H and O–H groups in total. The Morgan fingerprint density at radius 2 is 1.90 bits per heavy atom. The summed E-state index contributed by atoms with van der Waals surface area (Å²) >= 11 is 12.9. The third-order valence-corrected chi connectivity index (χ3v) is 8.28. The van der Waals surface area contributed by atoms with Gasteiger partial charge in [-0.05, 0) is 50.7 Å². The van der Waals surface area contributed by atoms with Crippen LogP contribution in [0.1, 0.15) is 45.7 Å². The number of nitrogens with one attached hydrogen (secondary N) is 2. The first-order valence-electron chi connectivity index (χ1n) is 13.4. The molecule has 3 unspecified atom stereocenters. The maximum absolute atomic E-state index is 13.2. The highest BCUT2D eigenvalue weighted by Gasteiger charge is 2.34. The predicted molar refractivity (Wildman–Crippen MR) is 160 cm³/mol. The Morgan fingerprint density at radius 3 is 2.64 bits per heavy atom. The van der Waals surface area contributed by atoms with E-state index >= 15 is 0 Å². The van der Waals surface area contributed by atoms with Gasteiger partial charge in [-0.1, -0.05) is 35.3 Å². The van der Waals surface area contributed by atoms with Crippen molar-refractivity contribution < 1.29 is 23.8 Å². The molecule has 3 aromatic rings. The number of nitrogens with zero attached hydrogens (tertiary/aromatic N) is 4. The van der Waals surface area contributed by atoms with E-state index in [4.69, 9.17) is 37.4 Å². The standard InChI is InChI=1S/C29H32Cl2N6O5/c1-15-16-7-6-8-22(25(16)28(39)37(15)3)42-27-19(31)13-32-29(35-27)34-21-12-18(30)17(11-23(21)40-4)26(38)33-20-9-10-36(2)14-24(20)41-5/h6-8,11-13,15,20,24H,9-10,14H2,1-5H3,(H,33,38)(H,32,34,35). The zero-order valence-electron chi connectivity index (χ0n) is 23.9. The highest BCUT2D eigenvalue weighted by Crippen LogP contribution is 2.40. The van der Waals surface area contributed by atoms with Crippen LogP contribution in [0, 0.1) is 0 Å². The Kier molecular flexibility index (Phi) is 8.74. The maximum Gasteiger partial charge on any atom is 0.258 e. The zero-order valence-corrected chi connectivity index (χ0v) is 25.4. The molecule has 2 amide bonds. The Morgan fingerprint density at radius 1 is 1.12 bits per heavy atom. The number of rotatable bonds is 8. The summed E-state index contributed by atoms with van der Waals surface area (Å²) in [6, 6.07) is 8.30. The van der Waals surface area contributed by atoms with Crippen molar-refractivity contribution in [3.8, 4) is 17.4 Å². The number of aromatic nitrogens is 2. The summed E-state index contributed by atoms with van der Waals surface area (Å²) in [7, 11) is 6.88. The molecule has 42 heavy (non-hydrogen) atoms. The molecule has 1 saturated heterocycles. The van der Waals surface area contributed by atoms with Crippen LogP contribution in [0.5, 0.6) is 17.4 Å². The fraction of sp³-hybridized carbons (Fsp3) is 0.379. The molecule has 2 aliphatic rings. The van der Waals surface area contributed by atoms with E-state index in [0.29, 0.717) is 29.3 Å². The molecular weight excluding hydrogens is 583 g/mol. The van der Waals surface area contributed by atoms with Crippen molar-refractivity contribution in [3.63, 3.8) is 0 Å². The first kappa shape index (κ1) is 29.8. The average Bonchev–Trinajstić information content (AvgIpc) is 3.20. The summed E-state index contributed by atoms with van der Waals surface area (Å²) < 4.78 is 17.2. The number of hydrogen-bond donors (Lipinski definition) is 2.